The summed E-state index contributed by atoms with van der Waals surface area (Å²) >= 11 is 4.24. The Morgan fingerprint density at radius 1 is 1.44 bits per heavy atom. The van der Waals surface area contributed by atoms with Gasteiger partial charge in [0.25, 0.3) is 0 Å². The lowest BCUT2D eigenvalue weighted by Gasteiger charge is -2.10. The molecule has 1 unspecified atom stereocenters. The molecule has 1 aromatic rings. The first-order valence-corrected chi connectivity index (χ1v) is 5.63. The summed E-state index contributed by atoms with van der Waals surface area (Å²) in [5, 5.41) is 0. The van der Waals surface area contributed by atoms with Crippen LogP contribution in [0.25, 0.3) is 0 Å². The Morgan fingerprint density at radius 2 is 2.12 bits per heavy atom. The van der Waals surface area contributed by atoms with Crippen molar-refractivity contribution in [2.24, 2.45) is 5.92 Å². The average molecular weight is 235 g/mol. The Morgan fingerprint density at radius 3 is 2.69 bits per heavy atom. The number of benzene rings is 1. The molecule has 3 nitrogen and oxygen atoms in total. The number of likely N-dealkylation sites (tertiary alicyclic amines) is 1. The first-order valence-electron chi connectivity index (χ1n) is 5.18. The van der Waals surface area contributed by atoms with Crippen molar-refractivity contribution in [3.8, 4) is 0 Å². The standard InChI is InChI=1S/C12H13NO2S/c1-13-7-6-9(12(13)15)11(14)8-4-2-3-5-10(8)16/h2-5,9,16H,6-7H2,1H3. The number of rotatable bonds is 2. The average Bonchev–Trinajstić information content (AvgIpc) is 2.60. The predicted molar refractivity (Wildman–Crippen MR) is 63.8 cm³/mol. The molecule has 1 saturated heterocycles. The van der Waals surface area contributed by atoms with E-state index in [-0.39, 0.29) is 11.7 Å². The molecule has 0 radical (unpaired) electrons. The summed E-state index contributed by atoms with van der Waals surface area (Å²) < 4.78 is 0. The Hall–Kier alpha value is -1.29. The van der Waals surface area contributed by atoms with Crippen molar-refractivity contribution in [2.45, 2.75) is 11.3 Å². The number of thiol groups is 1. The van der Waals surface area contributed by atoms with Crippen molar-refractivity contribution in [3.05, 3.63) is 29.8 Å². The molecule has 0 aliphatic carbocycles. The van der Waals surface area contributed by atoms with E-state index in [9.17, 15) is 9.59 Å². The van der Waals surface area contributed by atoms with Crippen LogP contribution in [-0.2, 0) is 4.79 Å². The van der Waals surface area contributed by atoms with Crippen LogP contribution in [0.1, 0.15) is 16.8 Å². The number of amides is 1. The van der Waals surface area contributed by atoms with Gasteiger partial charge >= 0.3 is 0 Å². The zero-order chi connectivity index (χ0) is 11.7. The number of nitrogens with zero attached hydrogens (tertiary/aromatic N) is 1. The van der Waals surface area contributed by atoms with Crippen LogP contribution < -0.4 is 0 Å². The second-order valence-electron chi connectivity index (χ2n) is 3.98. The van der Waals surface area contributed by atoms with Gasteiger partial charge in [-0.3, -0.25) is 9.59 Å². The molecule has 0 saturated carbocycles. The minimum atomic E-state index is -0.515. The van der Waals surface area contributed by atoms with E-state index in [1.807, 2.05) is 6.07 Å². The fourth-order valence-corrected chi connectivity index (χ4v) is 2.21. The SMILES string of the molecule is CN1CCC(C(=O)c2ccccc2S)C1=O. The van der Waals surface area contributed by atoms with Crippen LogP contribution in [0, 0.1) is 5.92 Å². The highest BCUT2D eigenvalue weighted by molar-refractivity contribution is 7.80. The molecule has 1 aromatic carbocycles. The van der Waals surface area contributed by atoms with Crippen molar-refractivity contribution in [1.82, 2.24) is 4.90 Å². The van der Waals surface area contributed by atoms with Crippen LogP contribution in [0.4, 0.5) is 0 Å². The number of hydrogen-bond acceptors (Lipinski definition) is 3. The maximum Gasteiger partial charge on any atom is 0.233 e. The van der Waals surface area contributed by atoms with Crippen LogP contribution in [-0.4, -0.2) is 30.2 Å². The van der Waals surface area contributed by atoms with Gasteiger partial charge in [-0.1, -0.05) is 18.2 Å². The van der Waals surface area contributed by atoms with Gasteiger partial charge in [0.2, 0.25) is 5.91 Å². The Balaban J connectivity index is 2.27. The summed E-state index contributed by atoms with van der Waals surface area (Å²) in [6.07, 6.45) is 0.607. The van der Waals surface area contributed by atoms with Crippen LogP contribution >= 0.6 is 12.6 Å². The summed E-state index contributed by atoms with van der Waals surface area (Å²) in [4.78, 5) is 26.1. The third kappa shape index (κ3) is 1.85. The maximum atomic E-state index is 12.1. The molecule has 84 valence electrons. The lowest BCUT2D eigenvalue weighted by atomic mass is 9.96. The van der Waals surface area contributed by atoms with Gasteiger partial charge in [0, 0.05) is 24.1 Å². The first kappa shape index (κ1) is 11.2. The van der Waals surface area contributed by atoms with Gasteiger partial charge in [-0.25, -0.2) is 0 Å². The zero-order valence-corrected chi connectivity index (χ0v) is 9.91. The third-order valence-electron chi connectivity index (χ3n) is 2.91. The van der Waals surface area contributed by atoms with Gasteiger partial charge < -0.3 is 4.90 Å². The highest BCUT2D eigenvalue weighted by Gasteiger charge is 2.35. The molecule has 2 rings (SSSR count). The number of ketones is 1. The van der Waals surface area contributed by atoms with Crippen molar-refractivity contribution in [2.75, 3.05) is 13.6 Å². The van der Waals surface area contributed by atoms with Crippen LogP contribution in [0.5, 0.6) is 0 Å². The Kier molecular flexibility index (Phi) is 3.01. The van der Waals surface area contributed by atoms with Gasteiger partial charge in [0.05, 0.1) is 0 Å². The van der Waals surface area contributed by atoms with Crippen LogP contribution in [0.2, 0.25) is 0 Å². The second-order valence-corrected chi connectivity index (χ2v) is 4.46. The fourth-order valence-electron chi connectivity index (χ4n) is 1.94. The molecule has 1 atom stereocenters. The molecular formula is C12H13NO2S. The molecule has 1 amide bonds. The van der Waals surface area contributed by atoms with E-state index in [1.54, 1.807) is 30.1 Å². The molecular weight excluding hydrogens is 222 g/mol. The highest BCUT2D eigenvalue weighted by atomic mass is 32.1. The molecule has 4 heteroatoms. The summed E-state index contributed by atoms with van der Waals surface area (Å²) in [5.74, 6) is -0.708. The molecule has 0 aromatic heterocycles. The van der Waals surface area contributed by atoms with Crippen molar-refractivity contribution >= 4 is 24.3 Å². The number of hydrogen-bond donors (Lipinski definition) is 1. The second kappa shape index (κ2) is 4.29. The highest BCUT2D eigenvalue weighted by Crippen LogP contribution is 2.24. The molecule has 1 aliphatic rings. The minimum Gasteiger partial charge on any atom is -0.345 e. The molecule has 1 fully saturated rings. The molecule has 1 aliphatic heterocycles. The first-order chi connectivity index (χ1) is 7.61. The van der Waals surface area contributed by atoms with E-state index in [2.05, 4.69) is 12.6 Å². The molecule has 0 bridgehead atoms. The Labute approximate surface area is 99.9 Å². The molecule has 0 spiro atoms. The van der Waals surface area contributed by atoms with E-state index in [4.69, 9.17) is 0 Å². The lowest BCUT2D eigenvalue weighted by Crippen LogP contribution is -2.27. The predicted octanol–water partition coefficient (Wildman–Crippen LogP) is 1.64. The van der Waals surface area contributed by atoms with Gasteiger partial charge in [-0.2, -0.15) is 0 Å². The quantitative estimate of drug-likeness (QED) is 0.480. The van der Waals surface area contributed by atoms with Crippen molar-refractivity contribution < 1.29 is 9.59 Å². The van der Waals surface area contributed by atoms with E-state index in [0.717, 1.165) is 0 Å². The minimum absolute atomic E-state index is 0.0819. The van der Waals surface area contributed by atoms with Crippen LogP contribution in [0.3, 0.4) is 0 Å². The van der Waals surface area contributed by atoms with Crippen molar-refractivity contribution in [1.29, 1.82) is 0 Å². The number of carbonyl (C=O) groups excluding carboxylic acids is 2. The van der Waals surface area contributed by atoms with Gasteiger partial charge in [-0.05, 0) is 12.5 Å². The lowest BCUT2D eigenvalue weighted by molar-refractivity contribution is -0.128. The largest absolute Gasteiger partial charge is 0.345 e. The summed E-state index contributed by atoms with van der Waals surface area (Å²) in [6, 6.07) is 7.09. The maximum absolute atomic E-state index is 12.1. The van der Waals surface area contributed by atoms with E-state index >= 15 is 0 Å². The van der Waals surface area contributed by atoms with Gasteiger partial charge in [-0.15, -0.1) is 12.6 Å². The summed E-state index contributed by atoms with van der Waals surface area (Å²) in [5.41, 5.74) is 0.541. The summed E-state index contributed by atoms with van der Waals surface area (Å²) in [7, 11) is 1.72. The van der Waals surface area contributed by atoms with Gasteiger partial charge in [0.15, 0.2) is 5.78 Å². The number of carbonyl (C=O) groups is 2. The summed E-state index contributed by atoms with van der Waals surface area (Å²) in [6.45, 7) is 0.657. The number of Topliss-reactive ketones (excluding diaryl/α,β-unsaturated/α-hetero) is 1. The van der Waals surface area contributed by atoms with Crippen molar-refractivity contribution in [3.63, 3.8) is 0 Å². The molecule has 0 N–H and O–H groups in total. The topological polar surface area (TPSA) is 37.4 Å². The zero-order valence-electron chi connectivity index (χ0n) is 9.01. The Bertz CT molecular complexity index is 444. The normalized spacial score (nSPS) is 20.2. The van der Waals surface area contributed by atoms with Gasteiger partial charge in [0.1, 0.15) is 5.92 Å². The smallest absolute Gasteiger partial charge is 0.233 e. The monoisotopic (exact) mass is 235 g/mol. The molecule has 1 heterocycles. The van der Waals surface area contributed by atoms with E-state index in [1.165, 1.54) is 0 Å². The van der Waals surface area contributed by atoms with E-state index < -0.39 is 5.92 Å². The van der Waals surface area contributed by atoms with Crippen LogP contribution in [0.15, 0.2) is 29.2 Å². The molecule has 16 heavy (non-hydrogen) atoms. The fraction of sp³-hybridized carbons (Fsp3) is 0.333. The third-order valence-corrected chi connectivity index (χ3v) is 3.30. The van der Waals surface area contributed by atoms with E-state index in [0.29, 0.717) is 23.4 Å².